The van der Waals surface area contributed by atoms with Crippen molar-refractivity contribution in [1.29, 1.82) is 0 Å². The van der Waals surface area contributed by atoms with Crippen LogP contribution in [0.2, 0.25) is 0 Å². The molecule has 1 aliphatic carbocycles. The number of aryl methyl sites for hydroxylation is 1. The molecule has 0 aromatic heterocycles. The summed E-state index contributed by atoms with van der Waals surface area (Å²) in [5.41, 5.74) is 3.44. The molecule has 0 radical (unpaired) electrons. The highest BCUT2D eigenvalue weighted by atomic mass is 16.6. The van der Waals surface area contributed by atoms with Crippen molar-refractivity contribution >= 4 is 0 Å². The van der Waals surface area contributed by atoms with Gasteiger partial charge in [-0.05, 0) is 68.1 Å². The van der Waals surface area contributed by atoms with Gasteiger partial charge in [0, 0.05) is 5.56 Å². The normalized spacial score (nSPS) is 33.1. The maximum Gasteiger partial charge on any atom is 0.119 e. The Morgan fingerprint density at radius 3 is 2.75 bits per heavy atom. The Bertz CT molecular complexity index is 597. The third-order valence-corrected chi connectivity index (χ3v) is 6.30. The van der Waals surface area contributed by atoms with Crippen molar-refractivity contribution in [3.05, 3.63) is 28.8 Å². The van der Waals surface area contributed by atoms with Crippen LogP contribution in [0.4, 0.5) is 0 Å². The summed E-state index contributed by atoms with van der Waals surface area (Å²) < 4.78 is 5.60. The summed E-state index contributed by atoms with van der Waals surface area (Å²) in [7, 11) is 0. The SMILES string of the molecule is Cc1cc(O)c2c(c1)C([C@@H](C)CCCC1OC1(C)CO)CC[C@H]2C. The van der Waals surface area contributed by atoms with E-state index < -0.39 is 0 Å². The summed E-state index contributed by atoms with van der Waals surface area (Å²) in [6.45, 7) is 8.77. The van der Waals surface area contributed by atoms with Crippen molar-refractivity contribution in [2.45, 2.75) is 83.3 Å². The topological polar surface area (TPSA) is 53.0 Å². The second-order valence-electron chi connectivity index (χ2n) is 8.36. The van der Waals surface area contributed by atoms with E-state index in [4.69, 9.17) is 4.74 Å². The summed E-state index contributed by atoms with van der Waals surface area (Å²) in [6, 6.07) is 4.20. The molecule has 3 rings (SSSR count). The van der Waals surface area contributed by atoms with Gasteiger partial charge in [-0.2, -0.15) is 0 Å². The van der Waals surface area contributed by atoms with Crippen molar-refractivity contribution in [2.24, 2.45) is 5.92 Å². The van der Waals surface area contributed by atoms with Gasteiger partial charge in [0.2, 0.25) is 0 Å². The van der Waals surface area contributed by atoms with E-state index in [9.17, 15) is 10.2 Å². The van der Waals surface area contributed by atoms with Crippen molar-refractivity contribution in [2.75, 3.05) is 6.61 Å². The quantitative estimate of drug-likeness (QED) is 0.746. The Morgan fingerprint density at radius 1 is 1.33 bits per heavy atom. The molecular formula is C21H32O3. The predicted molar refractivity (Wildman–Crippen MR) is 96.6 cm³/mol. The third-order valence-electron chi connectivity index (χ3n) is 6.30. The number of fused-ring (bicyclic) bond motifs is 1. The van der Waals surface area contributed by atoms with Crippen molar-refractivity contribution < 1.29 is 14.9 Å². The van der Waals surface area contributed by atoms with Crippen LogP contribution in [0.5, 0.6) is 5.75 Å². The standard InChI is InChI=1S/C21H32O3/c1-13-10-17-16(9-8-15(3)20(17)18(23)11-13)14(2)6-5-7-19-21(4,12-22)24-19/h10-11,14-16,19,22-23H,5-9,12H2,1-4H3/t14-,15+,16?,19?,21?/m0/s1. The molecule has 3 heteroatoms. The molecule has 24 heavy (non-hydrogen) atoms. The molecule has 0 bridgehead atoms. The van der Waals surface area contributed by atoms with Gasteiger partial charge in [0.1, 0.15) is 11.4 Å². The molecule has 134 valence electrons. The van der Waals surface area contributed by atoms with Crippen LogP contribution in [0.1, 0.15) is 81.4 Å². The number of hydrogen-bond acceptors (Lipinski definition) is 3. The van der Waals surface area contributed by atoms with Crippen LogP contribution in [0.15, 0.2) is 12.1 Å². The van der Waals surface area contributed by atoms with E-state index in [1.165, 1.54) is 24.0 Å². The zero-order valence-corrected chi connectivity index (χ0v) is 15.5. The molecular weight excluding hydrogens is 300 g/mol. The average Bonchev–Trinajstić information content (AvgIpc) is 3.18. The minimum Gasteiger partial charge on any atom is -0.508 e. The number of rotatable bonds is 6. The smallest absolute Gasteiger partial charge is 0.119 e. The molecule has 1 fully saturated rings. The predicted octanol–water partition coefficient (Wildman–Crippen LogP) is 4.64. The van der Waals surface area contributed by atoms with Gasteiger partial charge < -0.3 is 14.9 Å². The Morgan fingerprint density at radius 2 is 2.08 bits per heavy atom. The van der Waals surface area contributed by atoms with E-state index in [0.717, 1.165) is 24.8 Å². The third kappa shape index (κ3) is 3.34. The Labute approximate surface area is 146 Å². The minimum absolute atomic E-state index is 0.125. The highest BCUT2D eigenvalue weighted by Gasteiger charge is 2.50. The molecule has 1 saturated heterocycles. The fraction of sp³-hybridized carbons (Fsp3) is 0.714. The number of aliphatic hydroxyl groups excluding tert-OH is 1. The van der Waals surface area contributed by atoms with Crippen LogP contribution in [0.3, 0.4) is 0 Å². The monoisotopic (exact) mass is 332 g/mol. The lowest BCUT2D eigenvalue weighted by Crippen LogP contribution is -2.19. The van der Waals surface area contributed by atoms with Crippen LogP contribution in [-0.4, -0.2) is 28.5 Å². The van der Waals surface area contributed by atoms with Gasteiger partial charge in [-0.15, -0.1) is 0 Å². The Kier molecular flexibility index (Phi) is 4.94. The zero-order chi connectivity index (χ0) is 17.5. The van der Waals surface area contributed by atoms with Gasteiger partial charge in [0.15, 0.2) is 0 Å². The average molecular weight is 332 g/mol. The maximum absolute atomic E-state index is 10.4. The van der Waals surface area contributed by atoms with Crippen LogP contribution in [-0.2, 0) is 4.74 Å². The van der Waals surface area contributed by atoms with Gasteiger partial charge in [-0.3, -0.25) is 0 Å². The van der Waals surface area contributed by atoms with E-state index in [-0.39, 0.29) is 18.3 Å². The fourth-order valence-corrected chi connectivity index (χ4v) is 4.59. The first kappa shape index (κ1) is 17.8. The Hall–Kier alpha value is -1.06. The number of phenolic OH excluding ortho intramolecular Hbond substituents is 1. The molecule has 1 aromatic rings. The second-order valence-corrected chi connectivity index (χ2v) is 8.36. The van der Waals surface area contributed by atoms with Crippen molar-refractivity contribution in [3.8, 4) is 5.75 Å². The van der Waals surface area contributed by atoms with E-state index in [1.807, 2.05) is 13.0 Å². The van der Waals surface area contributed by atoms with Crippen molar-refractivity contribution in [3.63, 3.8) is 0 Å². The lowest BCUT2D eigenvalue weighted by Gasteiger charge is -2.34. The van der Waals surface area contributed by atoms with E-state index in [2.05, 4.69) is 26.8 Å². The highest BCUT2D eigenvalue weighted by molar-refractivity contribution is 5.48. The number of aliphatic hydroxyl groups is 1. The van der Waals surface area contributed by atoms with E-state index >= 15 is 0 Å². The van der Waals surface area contributed by atoms with Crippen LogP contribution >= 0.6 is 0 Å². The van der Waals surface area contributed by atoms with Crippen LogP contribution in [0.25, 0.3) is 0 Å². The molecule has 2 N–H and O–H groups in total. The number of aromatic hydroxyl groups is 1. The summed E-state index contributed by atoms with van der Waals surface area (Å²) in [5, 5.41) is 19.7. The first-order valence-electron chi connectivity index (χ1n) is 9.47. The molecule has 3 unspecified atom stereocenters. The fourth-order valence-electron chi connectivity index (χ4n) is 4.59. The first-order chi connectivity index (χ1) is 11.4. The highest BCUT2D eigenvalue weighted by Crippen LogP contribution is 2.47. The molecule has 0 amide bonds. The largest absolute Gasteiger partial charge is 0.508 e. The number of hydrogen-bond donors (Lipinski definition) is 2. The van der Waals surface area contributed by atoms with Gasteiger partial charge >= 0.3 is 0 Å². The molecule has 2 aliphatic rings. The van der Waals surface area contributed by atoms with Gasteiger partial charge in [-0.1, -0.05) is 32.8 Å². The van der Waals surface area contributed by atoms with Gasteiger partial charge in [0.05, 0.1) is 12.7 Å². The molecule has 1 aliphatic heterocycles. The molecule has 0 spiro atoms. The summed E-state index contributed by atoms with van der Waals surface area (Å²) >= 11 is 0. The number of phenols is 1. The summed E-state index contributed by atoms with van der Waals surface area (Å²) in [5.74, 6) is 2.09. The molecule has 1 aromatic carbocycles. The maximum atomic E-state index is 10.4. The van der Waals surface area contributed by atoms with Crippen LogP contribution in [0, 0.1) is 12.8 Å². The molecule has 0 saturated carbocycles. The molecule has 1 heterocycles. The van der Waals surface area contributed by atoms with E-state index in [0.29, 0.717) is 23.5 Å². The lowest BCUT2D eigenvalue weighted by molar-refractivity contribution is 0.184. The van der Waals surface area contributed by atoms with Crippen molar-refractivity contribution in [1.82, 2.24) is 0 Å². The minimum atomic E-state index is -0.279. The van der Waals surface area contributed by atoms with Crippen LogP contribution < -0.4 is 0 Å². The van der Waals surface area contributed by atoms with Gasteiger partial charge in [0.25, 0.3) is 0 Å². The van der Waals surface area contributed by atoms with Gasteiger partial charge in [-0.25, -0.2) is 0 Å². The van der Waals surface area contributed by atoms with E-state index in [1.54, 1.807) is 0 Å². The summed E-state index contributed by atoms with van der Waals surface area (Å²) in [4.78, 5) is 0. The first-order valence-corrected chi connectivity index (χ1v) is 9.47. The summed E-state index contributed by atoms with van der Waals surface area (Å²) in [6.07, 6.45) is 5.96. The molecule has 5 atom stereocenters. The number of epoxide rings is 1. The number of benzene rings is 1. The zero-order valence-electron chi connectivity index (χ0n) is 15.5. The second kappa shape index (κ2) is 6.68. The Balaban J connectivity index is 1.64. The molecule has 3 nitrogen and oxygen atoms in total. The lowest BCUT2D eigenvalue weighted by atomic mass is 9.71. The number of ether oxygens (including phenoxy) is 1.